The van der Waals surface area contributed by atoms with E-state index in [0.29, 0.717) is 13.0 Å². The lowest BCUT2D eigenvalue weighted by atomic mass is 10.0. The van der Waals surface area contributed by atoms with Crippen molar-refractivity contribution in [3.63, 3.8) is 0 Å². The Morgan fingerprint density at radius 2 is 2.05 bits per heavy atom. The average Bonchev–Trinajstić information content (AvgIpc) is 2.48. The largest absolute Gasteiger partial charge is 0.481 e. The molecule has 1 heterocycles. The highest BCUT2D eigenvalue weighted by Gasteiger charge is 2.25. The first kappa shape index (κ1) is 14.5. The standard InChI is InChI=1S/C15H19NO4/c17-14(18)10-12(11-6-2-1-3-7-11)16-15(19)13-8-4-5-9-20-13/h1-3,6-7,12-13H,4-5,8-10H2,(H,16,19)(H,17,18). The van der Waals surface area contributed by atoms with Crippen LogP contribution in [-0.2, 0) is 14.3 Å². The first-order valence-electron chi connectivity index (χ1n) is 6.85. The molecule has 5 nitrogen and oxygen atoms in total. The minimum atomic E-state index is -0.941. The van der Waals surface area contributed by atoms with Gasteiger partial charge in [0, 0.05) is 6.61 Å². The summed E-state index contributed by atoms with van der Waals surface area (Å²) in [6.45, 7) is 0.590. The average molecular weight is 277 g/mol. The quantitative estimate of drug-likeness (QED) is 0.861. The zero-order valence-electron chi connectivity index (χ0n) is 11.2. The molecule has 2 N–H and O–H groups in total. The number of carbonyl (C=O) groups excluding carboxylic acids is 1. The van der Waals surface area contributed by atoms with Crippen LogP contribution in [0.15, 0.2) is 30.3 Å². The van der Waals surface area contributed by atoms with E-state index in [1.807, 2.05) is 30.3 Å². The summed E-state index contributed by atoms with van der Waals surface area (Å²) in [5, 5.41) is 11.8. The number of ether oxygens (including phenoxy) is 1. The maximum Gasteiger partial charge on any atom is 0.305 e. The van der Waals surface area contributed by atoms with Crippen LogP contribution in [0.4, 0.5) is 0 Å². The van der Waals surface area contributed by atoms with Crippen LogP contribution in [-0.4, -0.2) is 29.7 Å². The molecule has 1 amide bonds. The van der Waals surface area contributed by atoms with E-state index >= 15 is 0 Å². The number of amides is 1. The third kappa shape index (κ3) is 4.06. The molecule has 1 fully saturated rings. The second-order valence-electron chi connectivity index (χ2n) is 4.92. The molecule has 0 bridgehead atoms. The number of carboxylic acids is 1. The summed E-state index contributed by atoms with van der Waals surface area (Å²) in [5.41, 5.74) is 0.791. The number of nitrogens with one attached hydrogen (secondary N) is 1. The van der Waals surface area contributed by atoms with E-state index in [1.165, 1.54) is 0 Å². The molecule has 20 heavy (non-hydrogen) atoms. The lowest BCUT2D eigenvalue weighted by Gasteiger charge is -2.25. The van der Waals surface area contributed by atoms with Crippen molar-refractivity contribution >= 4 is 11.9 Å². The van der Waals surface area contributed by atoms with E-state index < -0.39 is 18.1 Å². The topological polar surface area (TPSA) is 75.6 Å². The highest BCUT2D eigenvalue weighted by molar-refractivity contribution is 5.82. The summed E-state index contributed by atoms with van der Waals surface area (Å²) < 4.78 is 5.42. The maximum absolute atomic E-state index is 12.1. The van der Waals surface area contributed by atoms with Crippen molar-refractivity contribution in [2.24, 2.45) is 0 Å². The highest BCUT2D eigenvalue weighted by atomic mass is 16.5. The molecule has 108 valence electrons. The predicted octanol–water partition coefficient (Wildman–Crippen LogP) is 1.89. The van der Waals surface area contributed by atoms with Crippen molar-refractivity contribution in [1.82, 2.24) is 5.32 Å². The maximum atomic E-state index is 12.1. The summed E-state index contributed by atoms with van der Waals surface area (Å²) in [6.07, 6.45) is 2.04. The normalized spacial score (nSPS) is 20.1. The van der Waals surface area contributed by atoms with Crippen molar-refractivity contribution in [3.8, 4) is 0 Å². The fourth-order valence-corrected chi connectivity index (χ4v) is 2.32. The summed E-state index contributed by atoms with van der Waals surface area (Å²) in [4.78, 5) is 23.1. The number of aliphatic carboxylic acids is 1. The Morgan fingerprint density at radius 1 is 1.30 bits per heavy atom. The van der Waals surface area contributed by atoms with Crippen LogP contribution >= 0.6 is 0 Å². The van der Waals surface area contributed by atoms with Crippen molar-refractivity contribution in [2.75, 3.05) is 6.61 Å². The molecule has 1 aromatic rings. The SMILES string of the molecule is O=C(O)CC(NC(=O)C1CCCCO1)c1ccccc1. The van der Waals surface area contributed by atoms with Gasteiger partial charge in [0.15, 0.2) is 0 Å². The molecular formula is C15H19NO4. The first-order chi connectivity index (χ1) is 9.66. The molecule has 2 atom stereocenters. The van der Waals surface area contributed by atoms with Gasteiger partial charge in [-0.25, -0.2) is 0 Å². The van der Waals surface area contributed by atoms with E-state index in [9.17, 15) is 9.59 Å². The number of hydrogen-bond donors (Lipinski definition) is 2. The van der Waals surface area contributed by atoms with Crippen LogP contribution in [0.5, 0.6) is 0 Å². The van der Waals surface area contributed by atoms with Gasteiger partial charge in [0.05, 0.1) is 12.5 Å². The van der Waals surface area contributed by atoms with Gasteiger partial charge in [0.1, 0.15) is 6.10 Å². The predicted molar refractivity (Wildman–Crippen MR) is 73.2 cm³/mol. The molecule has 5 heteroatoms. The van der Waals surface area contributed by atoms with E-state index in [4.69, 9.17) is 9.84 Å². The summed E-state index contributed by atoms with van der Waals surface area (Å²) >= 11 is 0. The van der Waals surface area contributed by atoms with Gasteiger partial charge in [-0.1, -0.05) is 30.3 Å². The summed E-state index contributed by atoms with van der Waals surface area (Å²) in [6, 6.07) is 8.62. The molecule has 1 aromatic carbocycles. The van der Waals surface area contributed by atoms with E-state index in [2.05, 4.69) is 5.32 Å². The van der Waals surface area contributed by atoms with Crippen LogP contribution in [0.3, 0.4) is 0 Å². The molecule has 0 saturated carbocycles. The lowest BCUT2D eigenvalue weighted by Crippen LogP contribution is -2.40. The second kappa shape index (κ2) is 7.05. The minimum Gasteiger partial charge on any atom is -0.481 e. The van der Waals surface area contributed by atoms with Gasteiger partial charge in [-0.2, -0.15) is 0 Å². The minimum absolute atomic E-state index is 0.136. The van der Waals surface area contributed by atoms with Gasteiger partial charge in [-0.05, 0) is 24.8 Å². The Balaban J connectivity index is 2.03. The fraction of sp³-hybridized carbons (Fsp3) is 0.467. The first-order valence-corrected chi connectivity index (χ1v) is 6.85. The van der Waals surface area contributed by atoms with Gasteiger partial charge < -0.3 is 15.2 Å². The highest BCUT2D eigenvalue weighted by Crippen LogP contribution is 2.19. The van der Waals surface area contributed by atoms with Crippen molar-refractivity contribution in [3.05, 3.63) is 35.9 Å². The van der Waals surface area contributed by atoms with Gasteiger partial charge in [-0.3, -0.25) is 9.59 Å². The van der Waals surface area contributed by atoms with Gasteiger partial charge >= 0.3 is 5.97 Å². The van der Waals surface area contributed by atoms with Crippen LogP contribution in [0.25, 0.3) is 0 Å². The zero-order valence-corrected chi connectivity index (χ0v) is 11.2. The molecule has 1 aliphatic rings. The van der Waals surface area contributed by atoms with Crippen LogP contribution in [0.2, 0.25) is 0 Å². The Kier molecular flexibility index (Phi) is 5.12. The number of hydrogen-bond acceptors (Lipinski definition) is 3. The van der Waals surface area contributed by atoms with Crippen LogP contribution in [0, 0.1) is 0 Å². The zero-order chi connectivity index (χ0) is 14.4. The smallest absolute Gasteiger partial charge is 0.305 e. The lowest BCUT2D eigenvalue weighted by molar-refractivity contribution is -0.139. The van der Waals surface area contributed by atoms with Gasteiger partial charge in [0.25, 0.3) is 0 Å². The molecule has 2 rings (SSSR count). The monoisotopic (exact) mass is 277 g/mol. The Bertz CT molecular complexity index is 454. The molecule has 2 unspecified atom stereocenters. The molecule has 0 spiro atoms. The van der Waals surface area contributed by atoms with Crippen LogP contribution in [0.1, 0.15) is 37.3 Å². The Morgan fingerprint density at radius 3 is 2.65 bits per heavy atom. The molecular weight excluding hydrogens is 258 g/mol. The molecule has 0 aliphatic carbocycles. The molecule has 1 aliphatic heterocycles. The summed E-state index contributed by atoms with van der Waals surface area (Å²) in [5.74, 6) is -1.16. The van der Waals surface area contributed by atoms with Crippen LogP contribution < -0.4 is 5.32 Å². The van der Waals surface area contributed by atoms with E-state index in [-0.39, 0.29) is 12.3 Å². The number of benzene rings is 1. The number of carboxylic acid groups (broad SMARTS) is 1. The fourth-order valence-electron chi connectivity index (χ4n) is 2.32. The van der Waals surface area contributed by atoms with Gasteiger partial charge in [-0.15, -0.1) is 0 Å². The van der Waals surface area contributed by atoms with Crippen molar-refractivity contribution < 1.29 is 19.4 Å². The molecule has 0 radical (unpaired) electrons. The van der Waals surface area contributed by atoms with Crippen molar-refractivity contribution in [2.45, 2.75) is 37.8 Å². The van der Waals surface area contributed by atoms with E-state index in [1.54, 1.807) is 0 Å². The molecule has 0 aromatic heterocycles. The third-order valence-corrected chi connectivity index (χ3v) is 3.37. The number of rotatable bonds is 5. The number of carbonyl (C=O) groups is 2. The molecule has 1 saturated heterocycles. The third-order valence-electron chi connectivity index (χ3n) is 3.37. The Hall–Kier alpha value is -1.88. The van der Waals surface area contributed by atoms with E-state index in [0.717, 1.165) is 18.4 Å². The van der Waals surface area contributed by atoms with Crippen molar-refractivity contribution in [1.29, 1.82) is 0 Å². The van der Waals surface area contributed by atoms with Gasteiger partial charge in [0.2, 0.25) is 5.91 Å². The summed E-state index contributed by atoms with van der Waals surface area (Å²) in [7, 11) is 0. The Labute approximate surface area is 117 Å². The second-order valence-corrected chi connectivity index (χ2v) is 4.92.